The van der Waals surface area contributed by atoms with Crippen LogP contribution < -0.4 is 0 Å². The Labute approximate surface area is 183 Å². The highest BCUT2D eigenvalue weighted by atomic mass is 19.4. The van der Waals surface area contributed by atoms with Crippen LogP contribution in [0.3, 0.4) is 0 Å². The minimum Gasteiger partial charge on any atom is -0.475 e. The van der Waals surface area contributed by atoms with Crippen LogP contribution in [-0.2, 0) is 14.3 Å². The fourth-order valence-corrected chi connectivity index (χ4v) is 4.35. The van der Waals surface area contributed by atoms with Gasteiger partial charge in [0.1, 0.15) is 0 Å². The SMILES string of the molecule is COCC12CCCOC1CCN(C(=O)c1ccc3ncccc3c1)C2.O=C(O)C(F)(F)F. The number of amides is 1. The van der Waals surface area contributed by atoms with Gasteiger partial charge in [-0.1, -0.05) is 6.07 Å². The molecular formula is C22H25F3N2O5. The van der Waals surface area contributed by atoms with Crippen molar-refractivity contribution in [2.45, 2.75) is 31.5 Å². The van der Waals surface area contributed by atoms with Crippen molar-refractivity contribution in [3.05, 3.63) is 42.1 Å². The number of rotatable bonds is 3. The summed E-state index contributed by atoms with van der Waals surface area (Å²) in [5.74, 6) is -2.67. The van der Waals surface area contributed by atoms with Gasteiger partial charge >= 0.3 is 12.1 Å². The maximum absolute atomic E-state index is 13.1. The second-order valence-corrected chi connectivity index (χ2v) is 7.99. The van der Waals surface area contributed by atoms with Gasteiger partial charge in [-0.25, -0.2) is 4.79 Å². The normalized spacial score (nSPS) is 23.1. The standard InChI is InChI=1S/C20H24N2O3.C2HF3O2/c1-24-14-20-8-3-11-25-18(20)7-10-22(13-20)19(23)16-5-6-17-15(12-16)4-2-9-21-17;3-2(4,5)1(6)7/h2,4-6,9,12,18H,3,7-8,10-11,13-14H2,1H3;(H,6,7). The third kappa shape index (κ3) is 5.36. The van der Waals surface area contributed by atoms with Crippen LogP contribution in [0.25, 0.3) is 10.9 Å². The van der Waals surface area contributed by atoms with Crippen molar-refractivity contribution in [1.29, 1.82) is 0 Å². The molecule has 174 valence electrons. The van der Waals surface area contributed by atoms with E-state index in [9.17, 15) is 18.0 Å². The number of likely N-dealkylation sites (tertiary alicyclic amines) is 1. The summed E-state index contributed by atoms with van der Waals surface area (Å²) in [6.45, 7) is 2.90. The molecule has 7 nitrogen and oxygen atoms in total. The number of aliphatic carboxylic acids is 1. The predicted molar refractivity (Wildman–Crippen MR) is 109 cm³/mol. The van der Waals surface area contributed by atoms with Crippen molar-refractivity contribution in [1.82, 2.24) is 9.88 Å². The molecule has 2 aliphatic heterocycles. The lowest BCUT2D eigenvalue weighted by Gasteiger charge is -2.50. The topological polar surface area (TPSA) is 89.0 Å². The van der Waals surface area contributed by atoms with E-state index in [1.165, 1.54) is 0 Å². The fraction of sp³-hybridized carbons (Fsp3) is 0.500. The number of benzene rings is 1. The van der Waals surface area contributed by atoms with Gasteiger partial charge in [-0.3, -0.25) is 9.78 Å². The number of halogens is 3. The van der Waals surface area contributed by atoms with Gasteiger partial charge in [0.05, 0.1) is 18.2 Å². The number of hydrogen-bond donors (Lipinski definition) is 1. The molecule has 2 aromatic rings. The Morgan fingerprint density at radius 2 is 2.09 bits per heavy atom. The Bertz CT molecular complexity index is 964. The van der Waals surface area contributed by atoms with Crippen molar-refractivity contribution in [2.24, 2.45) is 5.41 Å². The Morgan fingerprint density at radius 1 is 1.34 bits per heavy atom. The number of carbonyl (C=O) groups is 2. The lowest BCUT2D eigenvalue weighted by molar-refractivity contribution is -0.192. The van der Waals surface area contributed by atoms with Gasteiger partial charge in [0.15, 0.2) is 0 Å². The quantitative estimate of drug-likeness (QED) is 0.764. The minimum absolute atomic E-state index is 0.0701. The van der Waals surface area contributed by atoms with Crippen LogP contribution in [0.5, 0.6) is 0 Å². The number of alkyl halides is 3. The highest BCUT2D eigenvalue weighted by Gasteiger charge is 2.47. The highest BCUT2D eigenvalue weighted by Crippen LogP contribution is 2.40. The average molecular weight is 454 g/mol. The molecule has 2 unspecified atom stereocenters. The Balaban J connectivity index is 0.000000360. The zero-order chi connectivity index (χ0) is 23.4. The molecule has 0 bridgehead atoms. The first-order chi connectivity index (χ1) is 15.2. The van der Waals surface area contributed by atoms with Crippen LogP contribution in [0, 0.1) is 5.41 Å². The molecule has 0 radical (unpaired) electrons. The molecule has 2 atom stereocenters. The summed E-state index contributed by atoms with van der Waals surface area (Å²) in [5.41, 5.74) is 1.57. The van der Waals surface area contributed by atoms with E-state index in [1.807, 2.05) is 35.2 Å². The van der Waals surface area contributed by atoms with Crippen LogP contribution in [0.15, 0.2) is 36.5 Å². The number of aromatic nitrogens is 1. The summed E-state index contributed by atoms with van der Waals surface area (Å²) in [4.78, 5) is 28.3. The predicted octanol–water partition coefficient (Wildman–Crippen LogP) is 3.53. The molecule has 2 fully saturated rings. The maximum atomic E-state index is 13.1. The van der Waals surface area contributed by atoms with E-state index < -0.39 is 12.1 Å². The van der Waals surface area contributed by atoms with Gasteiger partial charge < -0.3 is 19.5 Å². The van der Waals surface area contributed by atoms with Gasteiger partial charge in [-0.05, 0) is 43.5 Å². The van der Waals surface area contributed by atoms with Crippen molar-refractivity contribution in [3.63, 3.8) is 0 Å². The van der Waals surface area contributed by atoms with Crippen molar-refractivity contribution in [2.75, 3.05) is 33.4 Å². The van der Waals surface area contributed by atoms with E-state index in [4.69, 9.17) is 19.4 Å². The van der Waals surface area contributed by atoms with Gasteiger partial charge in [-0.2, -0.15) is 13.2 Å². The first-order valence-electron chi connectivity index (χ1n) is 10.2. The highest BCUT2D eigenvalue weighted by molar-refractivity contribution is 5.98. The molecule has 2 saturated heterocycles. The van der Waals surface area contributed by atoms with Crippen LogP contribution in [0.4, 0.5) is 13.2 Å². The molecule has 1 aromatic heterocycles. The summed E-state index contributed by atoms with van der Waals surface area (Å²) in [7, 11) is 1.73. The number of piperidine rings is 1. The van der Waals surface area contributed by atoms with Gasteiger partial charge in [0.2, 0.25) is 0 Å². The number of pyridine rings is 1. The van der Waals surface area contributed by atoms with Crippen LogP contribution in [0.2, 0.25) is 0 Å². The van der Waals surface area contributed by atoms with E-state index in [1.54, 1.807) is 13.3 Å². The van der Waals surface area contributed by atoms with Crippen LogP contribution in [0.1, 0.15) is 29.6 Å². The number of carbonyl (C=O) groups excluding carboxylic acids is 1. The summed E-state index contributed by atoms with van der Waals surface area (Å²) < 4.78 is 43.2. The number of methoxy groups -OCH3 is 1. The Kier molecular flexibility index (Phi) is 7.35. The largest absolute Gasteiger partial charge is 0.490 e. The summed E-state index contributed by atoms with van der Waals surface area (Å²) in [5, 5.41) is 8.12. The van der Waals surface area contributed by atoms with E-state index in [0.717, 1.165) is 48.9 Å². The van der Waals surface area contributed by atoms with Gasteiger partial charge in [-0.15, -0.1) is 0 Å². The summed E-state index contributed by atoms with van der Waals surface area (Å²) >= 11 is 0. The average Bonchev–Trinajstić information content (AvgIpc) is 2.77. The monoisotopic (exact) mass is 454 g/mol. The summed E-state index contributed by atoms with van der Waals surface area (Å²) in [6, 6.07) is 9.63. The number of hydrogen-bond acceptors (Lipinski definition) is 5. The first kappa shape index (κ1) is 23.9. The zero-order valence-corrected chi connectivity index (χ0v) is 17.6. The van der Waals surface area contributed by atoms with Crippen molar-refractivity contribution < 1.29 is 37.3 Å². The molecule has 32 heavy (non-hydrogen) atoms. The second-order valence-electron chi connectivity index (χ2n) is 7.99. The number of carboxylic acid groups (broad SMARTS) is 1. The number of nitrogens with zero attached hydrogens (tertiary/aromatic N) is 2. The van der Waals surface area contributed by atoms with E-state index in [2.05, 4.69) is 4.98 Å². The Morgan fingerprint density at radius 3 is 2.78 bits per heavy atom. The minimum atomic E-state index is -5.08. The molecule has 1 aromatic carbocycles. The van der Waals surface area contributed by atoms with E-state index in [-0.39, 0.29) is 17.4 Å². The van der Waals surface area contributed by atoms with E-state index in [0.29, 0.717) is 13.2 Å². The number of fused-ring (bicyclic) bond motifs is 2. The first-order valence-corrected chi connectivity index (χ1v) is 10.2. The molecule has 1 amide bonds. The van der Waals surface area contributed by atoms with Gasteiger partial charge in [0.25, 0.3) is 5.91 Å². The second kappa shape index (κ2) is 9.83. The van der Waals surface area contributed by atoms with Crippen molar-refractivity contribution in [3.8, 4) is 0 Å². The molecule has 0 saturated carbocycles. The summed E-state index contributed by atoms with van der Waals surface area (Å²) in [6.07, 6.45) is -0.150. The molecular weight excluding hydrogens is 429 g/mol. The lowest BCUT2D eigenvalue weighted by Crippen LogP contribution is -2.58. The zero-order valence-electron chi connectivity index (χ0n) is 17.6. The smallest absolute Gasteiger partial charge is 0.475 e. The number of carboxylic acids is 1. The van der Waals surface area contributed by atoms with Crippen LogP contribution in [-0.4, -0.2) is 72.6 Å². The molecule has 4 rings (SSSR count). The van der Waals surface area contributed by atoms with Crippen LogP contribution >= 0.6 is 0 Å². The molecule has 0 spiro atoms. The number of ether oxygens (including phenoxy) is 2. The van der Waals surface area contributed by atoms with E-state index >= 15 is 0 Å². The Hall–Kier alpha value is -2.72. The molecule has 10 heteroatoms. The fourth-order valence-electron chi connectivity index (χ4n) is 4.35. The third-order valence-corrected chi connectivity index (χ3v) is 5.80. The van der Waals surface area contributed by atoms with Gasteiger partial charge in [0, 0.05) is 49.4 Å². The maximum Gasteiger partial charge on any atom is 0.490 e. The van der Waals surface area contributed by atoms with Crippen molar-refractivity contribution >= 4 is 22.8 Å². The molecule has 3 heterocycles. The molecule has 0 aliphatic carbocycles. The molecule has 1 N–H and O–H groups in total. The lowest BCUT2D eigenvalue weighted by atomic mass is 9.73. The molecule has 2 aliphatic rings. The third-order valence-electron chi connectivity index (χ3n) is 5.80.